The number of benzene rings is 2. The van der Waals surface area contributed by atoms with Gasteiger partial charge in [0.15, 0.2) is 11.5 Å². The third-order valence-corrected chi connectivity index (χ3v) is 7.86. The van der Waals surface area contributed by atoms with E-state index in [0.717, 1.165) is 18.2 Å². The van der Waals surface area contributed by atoms with Crippen LogP contribution in [0, 0.1) is 0 Å². The van der Waals surface area contributed by atoms with Crippen LogP contribution in [0.25, 0.3) is 0 Å². The zero-order chi connectivity index (χ0) is 28.6. The third kappa shape index (κ3) is 8.01. The van der Waals surface area contributed by atoms with Crippen LogP contribution in [0.5, 0.6) is 17.2 Å². The van der Waals surface area contributed by atoms with E-state index < -0.39 is 16.1 Å². The predicted octanol–water partition coefficient (Wildman–Crippen LogP) is 3.69. The number of nitrogens with one attached hydrogen (secondary N) is 1. The molecule has 0 saturated carbocycles. The van der Waals surface area contributed by atoms with Crippen LogP contribution in [0.15, 0.2) is 42.5 Å². The first-order chi connectivity index (χ1) is 18.6. The summed E-state index contributed by atoms with van der Waals surface area (Å²) in [6, 6.07) is 11.6. The maximum Gasteiger partial charge on any atom is 0.243 e. The Balaban J connectivity index is 1.78. The predicted molar refractivity (Wildman–Crippen MR) is 150 cm³/mol. The fourth-order valence-electron chi connectivity index (χ4n) is 4.37. The van der Waals surface area contributed by atoms with Gasteiger partial charge in [0.2, 0.25) is 28.6 Å². The highest BCUT2D eigenvalue weighted by atomic mass is 32.2. The number of methoxy groups -OCH3 is 1. The Morgan fingerprint density at radius 3 is 2.49 bits per heavy atom. The Bertz CT molecular complexity index is 1250. The SMILES string of the molecule is CC[C@H](C(=O)N[C@@H](C)CC)N(Cc1cccc(OC)c1)C(=O)CCCN(c1ccc2c(c1)OCO2)S(C)(=O)=O. The van der Waals surface area contributed by atoms with Crippen LogP contribution >= 0.6 is 0 Å². The van der Waals surface area contributed by atoms with Crippen molar-refractivity contribution in [3.63, 3.8) is 0 Å². The van der Waals surface area contributed by atoms with Gasteiger partial charge in [-0.15, -0.1) is 0 Å². The van der Waals surface area contributed by atoms with Crippen LogP contribution in [0.4, 0.5) is 5.69 Å². The van der Waals surface area contributed by atoms with E-state index in [1.165, 1.54) is 4.31 Å². The minimum atomic E-state index is -3.63. The van der Waals surface area contributed by atoms with Gasteiger partial charge in [0.05, 0.1) is 19.1 Å². The van der Waals surface area contributed by atoms with Crippen molar-refractivity contribution in [2.45, 2.75) is 65.1 Å². The van der Waals surface area contributed by atoms with Crippen molar-refractivity contribution in [3.8, 4) is 17.2 Å². The van der Waals surface area contributed by atoms with Crippen molar-refractivity contribution in [1.82, 2.24) is 10.2 Å². The minimum Gasteiger partial charge on any atom is -0.497 e. The monoisotopic (exact) mass is 561 g/mol. The lowest BCUT2D eigenvalue weighted by Gasteiger charge is -2.32. The van der Waals surface area contributed by atoms with Gasteiger partial charge in [-0.05, 0) is 56.0 Å². The zero-order valence-electron chi connectivity index (χ0n) is 23.3. The minimum absolute atomic E-state index is 0.0228. The van der Waals surface area contributed by atoms with Crippen molar-refractivity contribution in [2.24, 2.45) is 0 Å². The molecular weight excluding hydrogens is 522 g/mol. The molecule has 2 aromatic rings. The molecule has 39 heavy (non-hydrogen) atoms. The first-order valence-corrected chi connectivity index (χ1v) is 15.0. The Morgan fingerprint density at radius 2 is 1.82 bits per heavy atom. The molecule has 1 aliphatic rings. The molecule has 2 aromatic carbocycles. The topological polar surface area (TPSA) is 114 Å². The van der Waals surface area contributed by atoms with Gasteiger partial charge >= 0.3 is 0 Å². The van der Waals surface area contributed by atoms with E-state index in [4.69, 9.17) is 14.2 Å². The second-order valence-electron chi connectivity index (χ2n) is 9.59. The Hall–Kier alpha value is -3.47. The molecule has 0 radical (unpaired) electrons. The first kappa shape index (κ1) is 30.1. The first-order valence-electron chi connectivity index (χ1n) is 13.2. The number of rotatable bonds is 14. The third-order valence-electron chi connectivity index (χ3n) is 6.67. The van der Waals surface area contributed by atoms with Crippen molar-refractivity contribution < 1.29 is 32.2 Å². The number of hydrogen-bond donors (Lipinski definition) is 1. The number of ether oxygens (including phenoxy) is 3. The summed E-state index contributed by atoms with van der Waals surface area (Å²) in [4.78, 5) is 28.3. The number of amides is 2. The number of carbonyl (C=O) groups is 2. The van der Waals surface area contributed by atoms with Gasteiger partial charge in [-0.2, -0.15) is 0 Å². The summed E-state index contributed by atoms with van der Waals surface area (Å²) in [5.41, 5.74) is 1.26. The van der Waals surface area contributed by atoms with Gasteiger partial charge in [-0.3, -0.25) is 13.9 Å². The normalized spacial score (nSPS) is 13.9. The summed E-state index contributed by atoms with van der Waals surface area (Å²) in [5.74, 6) is 1.24. The number of fused-ring (bicyclic) bond motifs is 1. The smallest absolute Gasteiger partial charge is 0.243 e. The molecule has 0 aliphatic carbocycles. The molecular formula is C28H39N3O7S. The average molecular weight is 562 g/mol. The second-order valence-corrected chi connectivity index (χ2v) is 11.5. The molecule has 1 aliphatic heterocycles. The van der Waals surface area contributed by atoms with Gasteiger partial charge < -0.3 is 24.4 Å². The lowest BCUT2D eigenvalue weighted by atomic mass is 10.1. The van der Waals surface area contributed by atoms with Crippen LogP contribution in [-0.2, 0) is 26.2 Å². The van der Waals surface area contributed by atoms with Crippen LogP contribution in [-0.4, -0.2) is 63.9 Å². The van der Waals surface area contributed by atoms with Crippen molar-refractivity contribution in [3.05, 3.63) is 48.0 Å². The van der Waals surface area contributed by atoms with Gasteiger partial charge in [-0.1, -0.05) is 26.0 Å². The fraction of sp³-hybridized carbons (Fsp3) is 0.500. The summed E-state index contributed by atoms with van der Waals surface area (Å²) in [5, 5.41) is 2.99. The maximum absolute atomic E-state index is 13.6. The molecule has 11 heteroatoms. The molecule has 0 unspecified atom stereocenters. The molecule has 1 heterocycles. The highest BCUT2D eigenvalue weighted by Crippen LogP contribution is 2.36. The number of sulfonamides is 1. The molecule has 1 N–H and O–H groups in total. The van der Waals surface area contributed by atoms with Crippen molar-refractivity contribution in [1.29, 1.82) is 0 Å². The highest BCUT2D eigenvalue weighted by molar-refractivity contribution is 7.92. The Labute approximate surface area is 231 Å². The summed E-state index contributed by atoms with van der Waals surface area (Å²) in [6.45, 7) is 6.18. The van der Waals surface area contributed by atoms with Crippen LogP contribution in [0.3, 0.4) is 0 Å². The van der Waals surface area contributed by atoms with Crippen molar-refractivity contribution >= 4 is 27.5 Å². The van der Waals surface area contributed by atoms with Crippen LogP contribution < -0.4 is 23.8 Å². The standard InChI is InChI=1S/C28H39N3O7S/c1-6-20(3)29-28(33)24(7-2)30(18-21-10-8-11-23(16-21)36-4)27(32)12-9-15-31(39(5,34)35)22-13-14-25-26(17-22)38-19-37-25/h8,10-11,13-14,16-17,20,24H,6-7,9,12,15,18-19H2,1-5H3,(H,29,33)/t20-,24+/m0/s1. The largest absolute Gasteiger partial charge is 0.497 e. The molecule has 3 rings (SSSR count). The molecule has 0 bridgehead atoms. The van der Waals surface area contributed by atoms with Crippen LogP contribution in [0.1, 0.15) is 52.0 Å². The molecule has 0 saturated heterocycles. The molecule has 2 amide bonds. The summed E-state index contributed by atoms with van der Waals surface area (Å²) >= 11 is 0. The van der Waals surface area contributed by atoms with E-state index >= 15 is 0 Å². The quantitative estimate of drug-likeness (QED) is 0.374. The number of carbonyl (C=O) groups excluding carboxylic acids is 2. The molecule has 0 spiro atoms. The highest BCUT2D eigenvalue weighted by Gasteiger charge is 2.29. The molecule has 0 aromatic heterocycles. The van der Waals surface area contributed by atoms with Gasteiger partial charge in [0.1, 0.15) is 11.8 Å². The van der Waals surface area contributed by atoms with Gasteiger partial charge in [0, 0.05) is 31.6 Å². The Morgan fingerprint density at radius 1 is 1.08 bits per heavy atom. The zero-order valence-corrected chi connectivity index (χ0v) is 24.1. The molecule has 10 nitrogen and oxygen atoms in total. The van der Waals surface area contributed by atoms with E-state index in [0.29, 0.717) is 29.4 Å². The lowest BCUT2D eigenvalue weighted by molar-refractivity contribution is -0.141. The van der Waals surface area contributed by atoms with Crippen molar-refractivity contribution in [2.75, 3.05) is 31.0 Å². The summed E-state index contributed by atoms with van der Waals surface area (Å²) in [6.07, 6.45) is 2.66. The van der Waals surface area contributed by atoms with Crippen LogP contribution in [0.2, 0.25) is 0 Å². The van der Waals surface area contributed by atoms with Gasteiger partial charge in [0.25, 0.3) is 0 Å². The van der Waals surface area contributed by atoms with E-state index in [2.05, 4.69) is 5.32 Å². The summed E-state index contributed by atoms with van der Waals surface area (Å²) < 4.78 is 42.5. The lowest BCUT2D eigenvalue weighted by Crippen LogP contribution is -2.50. The van der Waals surface area contributed by atoms with Gasteiger partial charge in [-0.25, -0.2) is 8.42 Å². The molecule has 2 atom stereocenters. The molecule has 0 fully saturated rings. The van der Waals surface area contributed by atoms with E-state index in [1.807, 2.05) is 45.0 Å². The number of anilines is 1. The van der Waals surface area contributed by atoms with E-state index in [-0.39, 0.29) is 50.6 Å². The maximum atomic E-state index is 13.6. The number of nitrogens with zero attached hydrogens (tertiary/aromatic N) is 2. The Kier molecular flexibility index (Phi) is 10.4. The average Bonchev–Trinajstić information content (AvgIpc) is 3.38. The van der Waals surface area contributed by atoms with E-state index in [9.17, 15) is 18.0 Å². The number of hydrogen-bond acceptors (Lipinski definition) is 7. The fourth-order valence-corrected chi connectivity index (χ4v) is 5.33. The summed E-state index contributed by atoms with van der Waals surface area (Å²) in [7, 11) is -2.05. The molecule has 214 valence electrons. The second kappa shape index (κ2) is 13.5. The van der Waals surface area contributed by atoms with E-state index in [1.54, 1.807) is 30.2 Å².